The number of aromatic carboxylic acids is 1. The van der Waals surface area contributed by atoms with E-state index in [0.29, 0.717) is 28.4 Å². The molecule has 0 aliphatic heterocycles. The number of aromatic amines is 1. The van der Waals surface area contributed by atoms with Gasteiger partial charge in [-0.05, 0) is 19.1 Å². The summed E-state index contributed by atoms with van der Waals surface area (Å²) in [5.41, 5.74) is 1.01. The van der Waals surface area contributed by atoms with Gasteiger partial charge in [-0.1, -0.05) is 63.2 Å². The van der Waals surface area contributed by atoms with Crippen molar-refractivity contribution in [3.63, 3.8) is 0 Å². The van der Waals surface area contributed by atoms with Gasteiger partial charge in [0.05, 0.1) is 11.4 Å². The zero-order valence-electron chi connectivity index (χ0n) is 21.4. The lowest BCUT2D eigenvalue weighted by molar-refractivity contribution is 0.0698. The molecule has 0 fully saturated rings. The van der Waals surface area contributed by atoms with Gasteiger partial charge in [0.15, 0.2) is 17.3 Å². The van der Waals surface area contributed by atoms with E-state index in [2.05, 4.69) is 30.5 Å². The molecule has 3 heterocycles. The summed E-state index contributed by atoms with van der Waals surface area (Å²) in [5.74, 6) is -1.05. The van der Waals surface area contributed by atoms with Gasteiger partial charge < -0.3 is 5.11 Å². The number of hydrogen-bond acceptors (Lipinski definition) is 8. The molecule has 39 heavy (non-hydrogen) atoms. The zero-order chi connectivity index (χ0) is 28.1. The van der Waals surface area contributed by atoms with E-state index in [1.165, 1.54) is 28.9 Å². The summed E-state index contributed by atoms with van der Waals surface area (Å²) in [6.07, 6.45) is 0. The largest absolute Gasteiger partial charge is 0.477 e. The maximum atomic E-state index is 12.5. The number of nitrogens with zero attached hydrogens (tertiary/aromatic N) is 7. The van der Waals surface area contributed by atoms with Gasteiger partial charge in [-0.2, -0.15) is 18.1 Å². The first-order valence-electron chi connectivity index (χ1n) is 11.7. The minimum absolute atomic E-state index is 0.0376. The van der Waals surface area contributed by atoms with Crippen molar-refractivity contribution in [2.24, 2.45) is 10.2 Å². The van der Waals surface area contributed by atoms with E-state index in [-0.39, 0.29) is 28.2 Å². The molecule has 3 aromatic heterocycles. The Morgan fingerprint density at radius 2 is 1.67 bits per heavy atom. The van der Waals surface area contributed by atoms with Crippen LogP contribution in [-0.4, -0.2) is 53.6 Å². The zero-order valence-corrected chi connectivity index (χ0v) is 22.2. The van der Waals surface area contributed by atoms with Gasteiger partial charge in [-0.15, -0.1) is 15.3 Å². The molecular formula is C25H24N8O5S. The fraction of sp³-hybridized carbons (Fsp3) is 0.200. The number of aryl methyl sites for hydroxylation is 1. The Morgan fingerprint density at radius 1 is 1.00 bits per heavy atom. The summed E-state index contributed by atoms with van der Waals surface area (Å²) >= 11 is 0. The van der Waals surface area contributed by atoms with E-state index in [1.54, 1.807) is 37.3 Å². The average molecular weight is 549 g/mol. The molecule has 0 aliphatic carbocycles. The van der Waals surface area contributed by atoms with E-state index in [4.69, 9.17) is 0 Å². The topological polar surface area (TPSA) is 180 Å². The molecule has 0 saturated carbocycles. The van der Waals surface area contributed by atoms with Gasteiger partial charge in [0, 0.05) is 11.0 Å². The quantitative estimate of drug-likeness (QED) is 0.198. The highest BCUT2D eigenvalue weighted by molar-refractivity contribution is 7.86. The van der Waals surface area contributed by atoms with Crippen molar-refractivity contribution in [2.45, 2.75) is 38.0 Å². The normalized spacial score (nSPS) is 12.5. The highest BCUT2D eigenvalue weighted by atomic mass is 32.2. The number of carboxylic acid groups (broad SMARTS) is 1. The standard InChI is InChI=1S/C25H24N8O5S/c1-14-19(22-26-24(25(2,3)4)31-33(22)29-14)27-28-21-18(23(34)35)20(15-10-6-5-7-11-15)30-32(21)16-12-8-9-13-17(16)39(36,37)38/h5-13,29H,1-4H3,(H,34,35)(H,36,37,38). The molecule has 5 aromatic rings. The number of azo groups is 1. The third-order valence-electron chi connectivity index (χ3n) is 5.86. The van der Waals surface area contributed by atoms with E-state index >= 15 is 0 Å². The molecule has 0 bridgehead atoms. The van der Waals surface area contributed by atoms with Gasteiger partial charge in [0.2, 0.25) is 5.65 Å². The second-order valence-corrected chi connectivity index (χ2v) is 11.2. The van der Waals surface area contributed by atoms with Crippen molar-refractivity contribution in [2.75, 3.05) is 0 Å². The number of para-hydroxylation sites is 1. The molecule has 2 aromatic carbocycles. The number of nitrogens with one attached hydrogen (secondary N) is 1. The molecule has 0 aliphatic rings. The molecule has 200 valence electrons. The van der Waals surface area contributed by atoms with Gasteiger partial charge in [-0.3, -0.25) is 9.65 Å². The number of aromatic nitrogens is 6. The third-order valence-corrected chi connectivity index (χ3v) is 6.76. The maximum Gasteiger partial charge on any atom is 0.341 e. The summed E-state index contributed by atoms with van der Waals surface area (Å²) in [7, 11) is -4.70. The van der Waals surface area contributed by atoms with Gasteiger partial charge in [-0.25, -0.2) is 14.5 Å². The Hall–Kier alpha value is -4.69. The first kappa shape index (κ1) is 25.9. The number of hydrogen-bond donors (Lipinski definition) is 3. The molecule has 0 spiro atoms. The van der Waals surface area contributed by atoms with E-state index in [9.17, 15) is 22.9 Å². The lowest BCUT2D eigenvalue weighted by atomic mass is 9.96. The van der Waals surface area contributed by atoms with Crippen LogP contribution < -0.4 is 0 Å². The fourth-order valence-corrected chi connectivity index (χ4v) is 4.64. The van der Waals surface area contributed by atoms with Crippen LogP contribution in [0.4, 0.5) is 11.5 Å². The predicted molar refractivity (Wildman–Crippen MR) is 141 cm³/mol. The smallest absolute Gasteiger partial charge is 0.341 e. The Morgan fingerprint density at radius 3 is 2.31 bits per heavy atom. The minimum atomic E-state index is -4.70. The number of H-pyrrole nitrogens is 1. The van der Waals surface area contributed by atoms with Crippen LogP contribution in [0.3, 0.4) is 0 Å². The van der Waals surface area contributed by atoms with Crippen LogP contribution in [0.1, 0.15) is 42.6 Å². The second-order valence-electron chi connectivity index (χ2n) is 9.78. The van der Waals surface area contributed by atoms with Crippen LogP contribution in [0.25, 0.3) is 22.6 Å². The Kier molecular flexibility index (Phi) is 6.15. The molecule has 14 heteroatoms. The number of carbonyl (C=O) groups is 1. The van der Waals surface area contributed by atoms with Gasteiger partial charge >= 0.3 is 5.97 Å². The molecule has 0 amide bonds. The van der Waals surface area contributed by atoms with Crippen molar-refractivity contribution in [1.82, 2.24) is 29.6 Å². The van der Waals surface area contributed by atoms with Crippen molar-refractivity contribution < 1.29 is 22.9 Å². The van der Waals surface area contributed by atoms with Crippen LogP contribution in [0.2, 0.25) is 0 Å². The summed E-state index contributed by atoms with van der Waals surface area (Å²) < 4.78 is 36.7. The van der Waals surface area contributed by atoms with Crippen LogP contribution in [-0.2, 0) is 15.5 Å². The van der Waals surface area contributed by atoms with Crippen molar-refractivity contribution >= 4 is 33.2 Å². The van der Waals surface area contributed by atoms with Crippen molar-refractivity contribution in [3.05, 3.63) is 71.7 Å². The monoisotopic (exact) mass is 548 g/mol. The summed E-state index contributed by atoms with van der Waals surface area (Å²) in [5, 5.41) is 30.7. The van der Waals surface area contributed by atoms with E-state index in [0.717, 1.165) is 4.68 Å². The first-order chi connectivity index (χ1) is 18.4. The van der Waals surface area contributed by atoms with Crippen LogP contribution in [0.5, 0.6) is 0 Å². The highest BCUT2D eigenvalue weighted by Crippen LogP contribution is 2.36. The molecule has 0 radical (unpaired) electrons. The molecule has 0 atom stereocenters. The number of carboxylic acids is 1. The Balaban J connectivity index is 1.78. The SMILES string of the molecule is Cc1[nH]n2nc(C(C)(C)C)nc2c1N=Nc1c(C(=O)O)c(-c2ccccc2)nn1-c1ccccc1S(=O)(=O)O. The molecule has 0 unspecified atom stereocenters. The Labute approximate surface area is 222 Å². The van der Waals surface area contributed by atoms with Crippen LogP contribution >= 0.6 is 0 Å². The van der Waals surface area contributed by atoms with Crippen molar-refractivity contribution in [1.29, 1.82) is 0 Å². The van der Waals surface area contributed by atoms with Gasteiger partial charge in [0.25, 0.3) is 10.1 Å². The fourth-order valence-electron chi connectivity index (χ4n) is 3.97. The molecule has 0 saturated heterocycles. The summed E-state index contributed by atoms with van der Waals surface area (Å²) in [4.78, 5) is 16.6. The lowest BCUT2D eigenvalue weighted by Gasteiger charge is -2.11. The molecule has 5 rings (SSSR count). The lowest BCUT2D eigenvalue weighted by Crippen LogP contribution is -2.13. The van der Waals surface area contributed by atoms with Crippen LogP contribution in [0.15, 0.2) is 69.7 Å². The Bertz CT molecular complexity index is 1860. The van der Waals surface area contributed by atoms with Crippen molar-refractivity contribution in [3.8, 4) is 16.9 Å². The first-order valence-corrected chi connectivity index (χ1v) is 13.2. The summed E-state index contributed by atoms with van der Waals surface area (Å²) in [6, 6.07) is 14.0. The molecular weight excluding hydrogens is 524 g/mol. The van der Waals surface area contributed by atoms with Crippen LogP contribution in [0, 0.1) is 6.92 Å². The second kappa shape index (κ2) is 9.25. The van der Waals surface area contributed by atoms with E-state index < -0.39 is 21.0 Å². The third kappa shape index (κ3) is 4.70. The van der Waals surface area contributed by atoms with Gasteiger partial charge in [0.1, 0.15) is 16.2 Å². The maximum absolute atomic E-state index is 12.5. The predicted octanol–water partition coefficient (Wildman–Crippen LogP) is 4.88. The summed E-state index contributed by atoms with van der Waals surface area (Å²) in [6.45, 7) is 7.63. The minimum Gasteiger partial charge on any atom is -0.477 e. The molecule has 3 N–H and O–H groups in total. The van der Waals surface area contributed by atoms with E-state index in [1.807, 2.05) is 20.8 Å². The highest BCUT2D eigenvalue weighted by Gasteiger charge is 2.29. The average Bonchev–Trinajstić information content (AvgIpc) is 3.54. The number of rotatable bonds is 6. The number of fused-ring (bicyclic) bond motifs is 1. The molecule has 13 nitrogen and oxygen atoms in total. The number of benzene rings is 2.